The number of hydrogen-bond acceptors (Lipinski definition) is 2. The van der Waals surface area contributed by atoms with Gasteiger partial charge in [0.1, 0.15) is 0 Å². The third kappa shape index (κ3) is 3.53. The van der Waals surface area contributed by atoms with Gasteiger partial charge in [-0.2, -0.15) is 13.2 Å². The van der Waals surface area contributed by atoms with E-state index < -0.39 is 11.7 Å². The Morgan fingerprint density at radius 1 is 1.40 bits per heavy atom. The van der Waals surface area contributed by atoms with Gasteiger partial charge in [-0.05, 0) is 25.0 Å². The van der Waals surface area contributed by atoms with Gasteiger partial charge in [-0.25, -0.2) is 0 Å². The van der Waals surface area contributed by atoms with E-state index in [4.69, 9.17) is 5.84 Å². The Morgan fingerprint density at radius 2 is 2.07 bits per heavy atom. The molecular formula is C10H13F3N2. The molecule has 84 valence electrons. The Kier molecular flexibility index (Phi) is 3.71. The van der Waals surface area contributed by atoms with Crippen molar-refractivity contribution in [2.75, 3.05) is 0 Å². The standard InChI is InChI=1S/C10H13F3N2/c1-7(15-14)5-8-3-2-4-9(6-8)10(11,12)13/h2-4,6-7,15H,5,14H2,1H3. The minimum absolute atomic E-state index is 0.0477. The van der Waals surface area contributed by atoms with E-state index in [1.165, 1.54) is 6.07 Å². The quantitative estimate of drug-likeness (QED) is 0.602. The number of benzene rings is 1. The van der Waals surface area contributed by atoms with Crippen molar-refractivity contribution in [1.82, 2.24) is 5.43 Å². The Balaban J connectivity index is 2.84. The monoisotopic (exact) mass is 218 g/mol. The molecule has 2 nitrogen and oxygen atoms in total. The van der Waals surface area contributed by atoms with E-state index in [1.54, 1.807) is 13.0 Å². The molecule has 0 saturated carbocycles. The van der Waals surface area contributed by atoms with Crippen LogP contribution in [-0.4, -0.2) is 6.04 Å². The van der Waals surface area contributed by atoms with Crippen LogP contribution >= 0.6 is 0 Å². The number of hydrazine groups is 1. The molecule has 15 heavy (non-hydrogen) atoms. The first-order chi connectivity index (χ1) is 6.93. The normalized spacial score (nSPS) is 13.9. The summed E-state index contributed by atoms with van der Waals surface area (Å²) in [5.41, 5.74) is 2.49. The summed E-state index contributed by atoms with van der Waals surface area (Å²) in [6.45, 7) is 1.81. The van der Waals surface area contributed by atoms with Crippen molar-refractivity contribution >= 4 is 0 Å². The fraction of sp³-hybridized carbons (Fsp3) is 0.400. The maximum Gasteiger partial charge on any atom is 0.416 e. The third-order valence-electron chi connectivity index (χ3n) is 2.08. The van der Waals surface area contributed by atoms with Gasteiger partial charge in [0, 0.05) is 6.04 Å². The van der Waals surface area contributed by atoms with Crippen molar-refractivity contribution in [1.29, 1.82) is 0 Å². The molecule has 0 aliphatic carbocycles. The molecular weight excluding hydrogens is 205 g/mol. The van der Waals surface area contributed by atoms with Crippen LogP contribution in [0.2, 0.25) is 0 Å². The third-order valence-corrected chi connectivity index (χ3v) is 2.08. The van der Waals surface area contributed by atoms with Crippen LogP contribution in [0.4, 0.5) is 13.2 Å². The average molecular weight is 218 g/mol. The highest BCUT2D eigenvalue weighted by Crippen LogP contribution is 2.29. The zero-order valence-electron chi connectivity index (χ0n) is 8.31. The Morgan fingerprint density at radius 3 is 2.60 bits per heavy atom. The molecule has 0 aliphatic rings. The minimum Gasteiger partial charge on any atom is -0.271 e. The lowest BCUT2D eigenvalue weighted by molar-refractivity contribution is -0.137. The predicted molar refractivity (Wildman–Crippen MR) is 51.9 cm³/mol. The zero-order chi connectivity index (χ0) is 11.5. The molecule has 1 aromatic carbocycles. The van der Waals surface area contributed by atoms with E-state index in [0.717, 1.165) is 12.1 Å². The van der Waals surface area contributed by atoms with Gasteiger partial charge in [0.25, 0.3) is 0 Å². The predicted octanol–water partition coefficient (Wildman–Crippen LogP) is 2.10. The molecule has 0 aromatic heterocycles. The van der Waals surface area contributed by atoms with Gasteiger partial charge in [-0.3, -0.25) is 11.3 Å². The lowest BCUT2D eigenvalue weighted by atomic mass is 10.0. The molecule has 1 rings (SSSR count). The molecule has 1 atom stereocenters. The zero-order valence-corrected chi connectivity index (χ0v) is 8.31. The van der Waals surface area contributed by atoms with Gasteiger partial charge in [0.05, 0.1) is 5.56 Å². The van der Waals surface area contributed by atoms with Crippen molar-refractivity contribution in [2.45, 2.75) is 25.6 Å². The van der Waals surface area contributed by atoms with Gasteiger partial charge < -0.3 is 0 Å². The first kappa shape index (κ1) is 12.0. The van der Waals surface area contributed by atoms with E-state index in [9.17, 15) is 13.2 Å². The molecule has 0 heterocycles. The lowest BCUT2D eigenvalue weighted by Crippen LogP contribution is -2.34. The van der Waals surface area contributed by atoms with Gasteiger partial charge >= 0.3 is 6.18 Å². The Hall–Kier alpha value is -1.07. The molecule has 0 saturated heterocycles. The molecule has 1 aromatic rings. The van der Waals surface area contributed by atoms with Crippen LogP contribution in [0.25, 0.3) is 0 Å². The first-order valence-corrected chi connectivity index (χ1v) is 4.55. The highest BCUT2D eigenvalue weighted by Gasteiger charge is 2.30. The minimum atomic E-state index is -4.28. The molecule has 0 amide bonds. The fourth-order valence-corrected chi connectivity index (χ4v) is 1.29. The van der Waals surface area contributed by atoms with Gasteiger partial charge in [-0.15, -0.1) is 0 Å². The van der Waals surface area contributed by atoms with Gasteiger partial charge in [0.2, 0.25) is 0 Å². The Bertz CT molecular complexity index is 323. The molecule has 0 aliphatic heterocycles. The number of nitrogens with two attached hydrogens (primary N) is 1. The van der Waals surface area contributed by atoms with Crippen molar-refractivity contribution in [2.24, 2.45) is 5.84 Å². The van der Waals surface area contributed by atoms with Crippen LogP contribution in [0, 0.1) is 0 Å². The van der Waals surface area contributed by atoms with Crippen molar-refractivity contribution in [3.05, 3.63) is 35.4 Å². The lowest BCUT2D eigenvalue weighted by Gasteiger charge is -2.12. The van der Waals surface area contributed by atoms with E-state index in [0.29, 0.717) is 12.0 Å². The molecule has 0 radical (unpaired) electrons. The number of nitrogens with one attached hydrogen (secondary N) is 1. The number of halogens is 3. The summed E-state index contributed by atoms with van der Waals surface area (Å²) in [7, 11) is 0. The number of hydrogen-bond donors (Lipinski definition) is 2. The van der Waals surface area contributed by atoms with Crippen LogP contribution in [0.3, 0.4) is 0 Å². The van der Waals surface area contributed by atoms with Crippen molar-refractivity contribution < 1.29 is 13.2 Å². The van der Waals surface area contributed by atoms with Crippen LogP contribution in [0.1, 0.15) is 18.1 Å². The van der Waals surface area contributed by atoms with Crippen LogP contribution in [0.5, 0.6) is 0 Å². The van der Waals surface area contributed by atoms with E-state index in [2.05, 4.69) is 5.43 Å². The summed E-state index contributed by atoms with van der Waals surface area (Å²) in [5, 5.41) is 0. The smallest absolute Gasteiger partial charge is 0.271 e. The summed E-state index contributed by atoms with van der Waals surface area (Å²) in [6.07, 6.45) is -3.81. The first-order valence-electron chi connectivity index (χ1n) is 4.55. The highest BCUT2D eigenvalue weighted by atomic mass is 19.4. The maximum absolute atomic E-state index is 12.3. The van der Waals surface area contributed by atoms with Gasteiger partial charge in [0.15, 0.2) is 0 Å². The second-order valence-corrected chi connectivity index (χ2v) is 3.47. The largest absolute Gasteiger partial charge is 0.416 e. The number of alkyl halides is 3. The molecule has 5 heteroatoms. The highest BCUT2D eigenvalue weighted by molar-refractivity contribution is 5.26. The Labute approximate surface area is 86.2 Å². The van der Waals surface area contributed by atoms with E-state index >= 15 is 0 Å². The second-order valence-electron chi connectivity index (χ2n) is 3.47. The summed E-state index contributed by atoms with van der Waals surface area (Å²) >= 11 is 0. The van der Waals surface area contributed by atoms with Gasteiger partial charge in [-0.1, -0.05) is 18.2 Å². The SMILES string of the molecule is CC(Cc1cccc(C(F)(F)F)c1)NN. The van der Waals surface area contributed by atoms with E-state index in [1.807, 2.05) is 0 Å². The average Bonchev–Trinajstić information content (AvgIpc) is 2.17. The molecule has 1 unspecified atom stereocenters. The summed E-state index contributed by atoms with van der Waals surface area (Å²) in [6, 6.07) is 5.22. The summed E-state index contributed by atoms with van der Waals surface area (Å²) in [5.74, 6) is 5.17. The van der Waals surface area contributed by atoms with Crippen molar-refractivity contribution in [3.63, 3.8) is 0 Å². The summed E-state index contributed by atoms with van der Waals surface area (Å²) < 4.78 is 37.0. The molecule has 0 spiro atoms. The fourth-order valence-electron chi connectivity index (χ4n) is 1.29. The van der Waals surface area contributed by atoms with Crippen molar-refractivity contribution in [3.8, 4) is 0 Å². The molecule has 3 N–H and O–H groups in total. The maximum atomic E-state index is 12.3. The summed E-state index contributed by atoms with van der Waals surface area (Å²) in [4.78, 5) is 0. The molecule has 0 fully saturated rings. The van der Waals surface area contributed by atoms with Crippen LogP contribution < -0.4 is 11.3 Å². The van der Waals surface area contributed by atoms with E-state index in [-0.39, 0.29) is 6.04 Å². The van der Waals surface area contributed by atoms with Crippen LogP contribution in [0.15, 0.2) is 24.3 Å². The molecule has 0 bridgehead atoms. The van der Waals surface area contributed by atoms with Crippen LogP contribution in [-0.2, 0) is 12.6 Å². The topological polar surface area (TPSA) is 38.0 Å². The second kappa shape index (κ2) is 4.63. The number of rotatable bonds is 3.